The molecule has 0 aliphatic heterocycles. The van der Waals surface area contributed by atoms with Gasteiger partial charge in [0.1, 0.15) is 5.82 Å². The third-order valence-corrected chi connectivity index (χ3v) is 3.71. The van der Waals surface area contributed by atoms with Crippen molar-refractivity contribution >= 4 is 11.5 Å². The Labute approximate surface area is 104 Å². The van der Waals surface area contributed by atoms with E-state index in [4.69, 9.17) is 0 Å². The first kappa shape index (κ1) is 11.3. The van der Waals surface area contributed by atoms with Crippen LogP contribution in [0.15, 0.2) is 12.4 Å². The molecule has 0 spiro atoms. The number of hydrogen-bond acceptors (Lipinski definition) is 6. The Hall–Kier alpha value is -1.76. The molecule has 0 radical (unpaired) electrons. The molecule has 1 aliphatic rings. The lowest BCUT2D eigenvalue weighted by molar-refractivity contribution is 0.199. The minimum atomic E-state index is 0.277. The molecular formula is C11H16N6O. The molecule has 96 valence electrons. The summed E-state index contributed by atoms with van der Waals surface area (Å²) in [5.41, 5.74) is 0.630. The van der Waals surface area contributed by atoms with E-state index < -0.39 is 0 Å². The molecule has 2 aromatic rings. The van der Waals surface area contributed by atoms with Gasteiger partial charge in [0.2, 0.25) is 0 Å². The number of aliphatic hydroxyl groups excluding tert-OH is 1. The second-order valence-corrected chi connectivity index (χ2v) is 4.76. The van der Waals surface area contributed by atoms with E-state index in [9.17, 15) is 5.11 Å². The summed E-state index contributed by atoms with van der Waals surface area (Å²) in [5.74, 6) is 1.72. The minimum Gasteiger partial charge on any atom is -0.396 e. The van der Waals surface area contributed by atoms with Crippen molar-refractivity contribution in [3.63, 3.8) is 0 Å². The number of hydrogen-bond donors (Lipinski definition) is 2. The quantitative estimate of drug-likeness (QED) is 0.811. The average molecular weight is 248 g/mol. The highest BCUT2D eigenvalue weighted by Gasteiger charge is 2.26. The number of anilines is 1. The van der Waals surface area contributed by atoms with Gasteiger partial charge in [0.25, 0.3) is 0 Å². The van der Waals surface area contributed by atoms with Crippen LogP contribution in [0.4, 0.5) is 5.82 Å². The number of rotatable bonds is 4. The predicted molar refractivity (Wildman–Crippen MR) is 65.0 cm³/mol. The molecule has 3 rings (SSSR count). The Kier molecular flexibility index (Phi) is 3.06. The van der Waals surface area contributed by atoms with Crippen LogP contribution < -0.4 is 5.32 Å². The maximum Gasteiger partial charge on any atom is 0.199 e. The molecule has 2 N–H and O–H groups in total. The number of fused-ring (bicyclic) bond motifs is 1. The zero-order chi connectivity index (χ0) is 12.4. The Bertz CT molecular complexity index is 527. The Morgan fingerprint density at radius 3 is 3.11 bits per heavy atom. The van der Waals surface area contributed by atoms with Gasteiger partial charge in [-0.05, 0) is 35.1 Å². The van der Waals surface area contributed by atoms with Crippen molar-refractivity contribution in [3.8, 4) is 0 Å². The van der Waals surface area contributed by atoms with Crippen molar-refractivity contribution in [2.45, 2.75) is 19.3 Å². The fourth-order valence-electron chi connectivity index (χ4n) is 2.65. The van der Waals surface area contributed by atoms with Gasteiger partial charge in [-0.15, -0.1) is 5.10 Å². The molecule has 2 unspecified atom stereocenters. The lowest BCUT2D eigenvalue weighted by Gasteiger charge is -2.18. The lowest BCUT2D eigenvalue weighted by atomic mass is 9.97. The second-order valence-electron chi connectivity index (χ2n) is 4.76. The fourth-order valence-corrected chi connectivity index (χ4v) is 2.65. The van der Waals surface area contributed by atoms with Crippen molar-refractivity contribution < 1.29 is 5.11 Å². The van der Waals surface area contributed by atoms with Crippen molar-refractivity contribution in [2.75, 3.05) is 18.5 Å². The molecule has 0 saturated heterocycles. The summed E-state index contributed by atoms with van der Waals surface area (Å²) in [7, 11) is 0. The van der Waals surface area contributed by atoms with Gasteiger partial charge >= 0.3 is 0 Å². The van der Waals surface area contributed by atoms with E-state index in [1.165, 1.54) is 6.42 Å². The topological polar surface area (TPSA) is 88.2 Å². The van der Waals surface area contributed by atoms with Crippen LogP contribution in [0.1, 0.15) is 19.3 Å². The molecule has 2 heterocycles. The van der Waals surface area contributed by atoms with Gasteiger partial charge < -0.3 is 10.4 Å². The van der Waals surface area contributed by atoms with Gasteiger partial charge in [0.05, 0.1) is 12.4 Å². The van der Waals surface area contributed by atoms with Gasteiger partial charge in [0, 0.05) is 13.2 Å². The fraction of sp³-hybridized carbons (Fsp3) is 0.636. The standard InChI is InChI=1S/C11H16N6O/c18-7-9-3-1-2-8(9)4-13-10-5-12-6-11-14-15-16-17(10)11/h5-6,8-9,13,18H,1-4,7H2. The maximum atomic E-state index is 9.29. The van der Waals surface area contributed by atoms with Crippen LogP contribution in [0.2, 0.25) is 0 Å². The van der Waals surface area contributed by atoms with E-state index in [2.05, 4.69) is 25.8 Å². The highest BCUT2D eigenvalue weighted by molar-refractivity contribution is 5.43. The Balaban J connectivity index is 1.71. The van der Waals surface area contributed by atoms with E-state index in [0.717, 1.165) is 25.2 Å². The van der Waals surface area contributed by atoms with Crippen LogP contribution >= 0.6 is 0 Å². The third kappa shape index (κ3) is 2.01. The number of nitrogens with zero attached hydrogens (tertiary/aromatic N) is 5. The molecule has 0 amide bonds. The van der Waals surface area contributed by atoms with Crippen LogP contribution in [-0.2, 0) is 0 Å². The molecular weight excluding hydrogens is 232 g/mol. The molecule has 0 bridgehead atoms. The largest absolute Gasteiger partial charge is 0.396 e. The second kappa shape index (κ2) is 4.85. The van der Waals surface area contributed by atoms with Crippen molar-refractivity contribution in [1.29, 1.82) is 0 Å². The Morgan fingerprint density at radius 2 is 2.22 bits per heavy atom. The van der Waals surface area contributed by atoms with Crippen LogP contribution in [0.3, 0.4) is 0 Å². The zero-order valence-corrected chi connectivity index (χ0v) is 10.0. The normalized spacial score (nSPS) is 23.6. The summed E-state index contributed by atoms with van der Waals surface area (Å²) >= 11 is 0. The average Bonchev–Trinajstić information content (AvgIpc) is 3.04. The van der Waals surface area contributed by atoms with Crippen LogP contribution in [-0.4, -0.2) is 43.3 Å². The number of tetrazole rings is 1. The molecule has 1 aliphatic carbocycles. The van der Waals surface area contributed by atoms with Gasteiger partial charge in [0.15, 0.2) is 5.65 Å². The first-order chi connectivity index (χ1) is 8.88. The maximum absolute atomic E-state index is 9.29. The van der Waals surface area contributed by atoms with E-state index in [-0.39, 0.29) is 6.61 Å². The van der Waals surface area contributed by atoms with Crippen molar-refractivity contribution in [3.05, 3.63) is 12.4 Å². The molecule has 18 heavy (non-hydrogen) atoms. The zero-order valence-electron chi connectivity index (χ0n) is 10.0. The highest BCUT2D eigenvalue weighted by Crippen LogP contribution is 2.31. The monoisotopic (exact) mass is 248 g/mol. The van der Waals surface area contributed by atoms with Crippen molar-refractivity contribution in [1.82, 2.24) is 25.0 Å². The minimum absolute atomic E-state index is 0.277. The van der Waals surface area contributed by atoms with Gasteiger partial charge in [-0.1, -0.05) is 6.42 Å². The molecule has 7 heteroatoms. The van der Waals surface area contributed by atoms with E-state index >= 15 is 0 Å². The summed E-state index contributed by atoms with van der Waals surface area (Å²) < 4.78 is 1.63. The SMILES string of the molecule is OCC1CCCC1CNc1cncc2nnnn12. The summed E-state index contributed by atoms with van der Waals surface area (Å²) in [6, 6.07) is 0. The van der Waals surface area contributed by atoms with E-state index in [1.807, 2.05) is 0 Å². The molecule has 0 aromatic carbocycles. The van der Waals surface area contributed by atoms with E-state index in [0.29, 0.717) is 17.5 Å². The van der Waals surface area contributed by atoms with E-state index in [1.54, 1.807) is 16.9 Å². The summed E-state index contributed by atoms with van der Waals surface area (Å²) in [6.45, 7) is 1.10. The first-order valence-corrected chi connectivity index (χ1v) is 6.25. The summed E-state index contributed by atoms with van der Waals surface area (Å²) in [6.07, 6.45) is 6.82. The molecule has 7 nitrogen and oxygen atoms in total. The van der Waals surface area contributed by atoms with Crippen molar-refractivity contribution in [2.24, 2.45) is 11.8 Å². The summed E-state index contributed by atoms with van der Waals surface area (Å²) in [4.78, 5) is 4.09. The number of nitrogens with one attached hydrogen (secondary N) is 1. The van der Waals surface area contributed by atoms with Crippen LogP contribution in [0.25, 0.3) is 5.65 Å². The van der Waals surface area contributed by atoms with Crippen LogP contribution in [0, 0.1) is 11.8 Å². The summed E-state index contributed by atoms with van der Waals surface area (Å²) in [5, 5.41) is 24.0. The molecule has 2 atom stereocenters. The van der Waals surface area contributed by atoms with Crippen LogP contribution in [0.5, 0.6) is 0 Å². The number of aliphatic hydroxyl groups is 1. The molecule has 2 aromatic heterocycles. The van der Waals surface area contributed by atoms with Gasteiger partial charge in [-0.3, -0.25) is 4.98 Å². The molecule has 1 fully saturated rings. The Morgan fingerprint density at radius 1 is 1.33 bits per heavy atom. The smallest absolute Gasteiger partial charge is 0.199 e. The first-order valence-electron chi connectivity index (χ1n) is 6.25. The highest BCUT2D eigenvalue weighted by atomic mass is 16.3. The third-order valence-electron chi connectivity index (χ3n) is 3.71. The number of aromatic nitrogens is 5. The van der Waals surface area contributed by atoms with Gasteiger partial charge in [-0.25, -0.2) is 0 Å². The molecule has 1 saturated carbocycles. The lowest BCUT2D eigenvalue weighted by Crippen LogP contribution is -2.21. The van der Waals surface area contributed by atoms with Gasteiger partial charge in [-0.2, -0.15) is 4.52 Å². The predicted octanol–water partition coefficient (Wildman–Crippen LogP) is 0.340.